The maximum Gasteiger partial charge on any atom is 0.243 e. The highest BCUT2D eigenvalue weighted by Gasteiger charge is 2.33. The van der Waals surface area contributed by atoms with Crippen LogP contribution in [0, 0.1) is 15.6 Å². The third-order valence-corrected chi connectivity index (χ3v) is 13.0. The summed E-state index contributed by atoms with van der Waals surface area (Å²) in [5, 5.41) is 58.0. The molecule has 0 aliphatic carbocycles. The van der Waals surface area contributed by atoms with Gasteiger partial charge in [0.05, 0.1) is 14.7 Å². The van der Waals surface area contributed by atoms with Crippen LogP contribution in [-0.2, 0) is 30.1 Å². The van der Waals surface area contributed by atoms with Crippen LogP contribution in [0.3, 0.4) is 0 Å². The van der Waals surface area contributed by atoms with Gasteiger partial charge in [-0.15, -0.1) is 0 Å². The van der Waals surface area contributed by atoms with Crippen molar-refractivity contribution in [3.8, 4) is 0 Å². The topological polar surface area (TPSA) is 255 Å². The number of hydrogen-bond donors (Lipinski definition) is 6. The molecule has 3 unspecified atom stereocenters. The van der Waals surface area contributed by atoms with Crippen LogP contribution in [0.1, 0.15) is 0 Å². The smallest absolute Gasteiger partial charge is 0.243 e. The first kappa shape index (κ1) is 40.0. The predicted molar refractivity (Wildman–Crippen MR) is 180 cm³/mol. The van der Waals surface area contributed by atoms with Crippen molar-refractivity contribution in [2.75, 3.05) is 39.3 Å². The molecule has 18 nitrogen and oxygen atoms in total. The van der Waals surface area contributed by atoms with Crippen molar-refractivity contribution in [3.05, 3.63) is 125 Å². The average molecular weight is 769 g/mol. The van der Waals surface area contributed by atoms with Crippen LogP contribution in [0.25, 0.3) is 0 Å². The molecule has 276 valence electrons. The number of sulfonamides is 3. The summed E-state index contributed by atoms with van der Waals surface area (Å²) in [7, 11) is -13.4. The van der Waals surface area contributed by atoms with Crippen LogP contribution < -0.4 is 15.7 Å². The summed E-state index contributed by atoms with van der Waals surface area (Å²) in [6.07, 6.45) is 0. The molecule has 1 aliphatic heterocycles. The first-order chi connectivity index (χ1) is 23.7. The molecule has 0 radical (unpaired) electrons. The van der Waals surface area contributed by atoms with Gasteiger partial charge in [0.1, 0.15) is 0 Å². The maximum absolute atomic E-state index is 13.9. The quantitative estimate of drug-likeness (QED) is 0.113. The Morgan fingerprint density at radius 3 is 0.765 bits per heavy atom. The van der Waals surface area contributed by atoms with E-state index in [1.807, 2.05) is 0 Å². The molecule has 4 rings (SSSR count). The SMILES string of the molecule is C=C1CN(S(=O)(=O)c2ccc([NH+]([O-])O)cc2)CC(=C)CN(S(=O)(=O)c2ccc([NH+]([O-])O)cc2)CC(=C)CN(S(=O)(=O)c2ccc([NH+]([O-])O)cc2)C1. The molecule has 0 aromatic heterocycles. The van der Waals surface area contributed by atoms with Crippen molar-refractivity contribution in [2.24, 2.45) is 0 Å². The lowest BCUT2D eigenvalue weighted by atomic mass is 10.2. The van der Waals surface area contributed by atoms with Gasteiger partial charge in [-0.3, -0.25) is 0 Å². The van der Waals surface area contributed by atoms with Crippen molar-refractivity contribution in [2.45, 2.75) is 14.7 Å². The summed E-state index contributed by atoms with van der Waals surface area (Å²) in [6, 6.07) is 13.0. The second-order valence-corrected chi connectivity index (χ2v) is 17.4. The Hall–Kier alpha value is -3.75. The van der Waals surface area contributed by atoms with Crippen molar-refractivity contribution < 1.29 is 56.6 Å². The van der Waals surface area contributed by atoms with Gasteiger partial charge in [-0.1, -0.05) is 19.7 Å². The molecular formula is C30H36N6O12S3. The molecule has 0 amide bonds. The summed E-state index contributed by atoms with van der Waals surface area (Å²) in [5.74, 6) is 0. The highest BCUT2D eigenvalue weighted by Crippen LogP contribution is 2.26. The molecular weight excluding hydrogens is 733 g/mol. The molecule has 51 heavy (non-hydrogen) atoms. The van der Waals surface area contributed by atoms with Gasteiger partial charge in [0.25, 0.3) is 0 Å². The molecule has 0 bridgehead atoms. The van der Waals surface area contributed by atoms with Crippen molar-refractivity contribution >= 4 is 47.1 Å². The van der Waals surface area contributed by atoms with Gasteiger partial charge in [0.15, 0.2) is 17.1 Å². The molecule has 3 aromatic rings. The lowest BCUT2D eigenvalue weighted by molar-refractivity contribution is -0.991. The molecule has 0 saturated carbocycles. The molecule has 3 aromatic carbocycles. The third kappa shape index (κ3) is 9.38. The summed E-state index contributed by atoms with van der Waals surface area (Å²) in [4.78, 5) is -0.918. The predicted octanol–water partition coefficient (Wildman–Crippen LogP) is -1.05. The van der Waals surface area contributed by atoms with E-state index >= 15 is 0 Å². The first-order valence-electron chi connectivity index (χ1n) is 14.7. The Bertz CT molecular complexity index is 1830. The second-order valence-electron chi connectivity index (χ2n) is 11.6. The number of nitrogens with one attached hydrogen (secondary N) is 3. The molecule has 0 spiro atoms. The minimum Gasteiger partial charge on any atom is -0.595 e. The summed E-state index contributed by atoms with van der Waals surface area (Å²) in [6.45, 7) is 8.94. The van der Waals surface area contributed by atoms with E-state index in [0.717, 1.165) is 85.7 Å². The largest absolute Gasteiger partial charge is 0.595 e. The van der Waals surface area contributed by atoms with E-state index < -0.39 is 85.0 Å². The van der Waals surface area contributed by atoms with Crippen LogP contribution in [-0.4, -0.2) is 93.1 Å². The number of rotatable bonds is 9. The molecule has 1 saturated heterocycles. The summed E-state index contributed by atoms with van der Waals surface area (Å²) >= 11 is 0. The Morgan fingerprint density at radius 2 is 0.608 bits per heavy atom. The van der Waals surface area contributed by atoms with E-state index in [1.54, 1.807) is 0 Å². The standard InChI is InChI=1S/C30H36N6O12S3/c1-22-16-31(49(43,44)28-10-4-25(5-11-28)34(37)38)18-23(2)20-33(51(47,48)30-14-8-27(9-15-30)36(41)42)21-24(3)19-32(17-22)50(45,46)29-12-6-26(7-13-29)35(39)40/h4-15,34-37,39,41H,1-3,16-21H2. The Balaban J connectivity index is 1.79. The van der Waals surface area contributed by atoms with Gasteiger partial charge in [-0.05, 0) is 53.1 Å². The zero-order valence-corrected chi connectivity index (χ0v) is 29.3. The minimum absolute atomic E-state index is 0.0932. The van der Waals surface area contributed by atoms with Gasteiger partial charge in [-0.2, -0.15) is 28.6 Å². The number of nitrogens with zero attached hydrogens (tertiary/aromatic N) is 3. The highest BCUT2D eigenvalue weighted by atomic mass is 32.2. The van der Waals surface area contributed by atoms with E-state index in [-0.39, 0.29) is 48.5 Å². The first-order valence-corrected chi connectivity index (χ1v) is 19.1. The second kappa shape index (κ2) is 15.9. The van der Waals surface area contributed by atoms with Gasteiger partial charge in [0, 0.05) is 75.7 Å². The average Bonchev–Trinajstić information content (AvgIpc) is 3.06. The van der Waals surface area contributed by atoms with Gasteiger partial charge in [-0.25, -0.2) is 40.9 Å². The Kier molecular flexibility index (Phi) is 12.5. The van der Waals surface area contributed by atoms with E-state index in [0.29, 0.717) is 0 Å². The van der Waals surface area contributed by atoms with Crippen molar-refractivity contribution in [1.29, 1.82) is 0 Å². The van der Waals surface area contributed by atoms with Gasteiger partial charge in [0.2, 0.25) is 30.1 Å². The van der Waals surface area contributed by atoms with E-state index in [4.69, 9.17) is 0 Å². The van der Waals surface area contributed by atoms with E-state index in [9.17, 15) is 56.5 Å². The van der Waals surface area contributed by atoms with Crippen LogP contribution in [0.5, 0.6) is 0 Å². The fourth-order valence-corrected chi connectivity index (χ4v) is 9.53. The normalized spacial score (nSPS) is 18.8. The number of quaternary nitrogens is 3. The van der Waals surface area contributed by atoms with Gasteiger partial charge >= 0.3 is 0 Å². The lowest BCUT2D eigenvalue weighted by Gasteiger charge is -2.32. The highest BCUT2D eigenvalue weighted by molar-refractivity contribution is 7.89. The molecule has 1 fully saturated rings. The maximum atomic E-state index is 13.9. The van der Waals surface area contributed by atoms with Crippen LogP contribution in [0.2, 0.25) is 0 Å². The van der Waals surface area contributed by atoms with Crippen LogP contribution in [0.15, 0.2) is 124 Å². The van der Waals surface area contributed by atoms with Crippen LogP contribution >= 0.6 is 0 Å². The zero-order chi connectivity index (χ0) is 37.9. The number of hydrogen-bond acceptors (Lipinski definition) is 12. The fraction of sp³-hybridized carbons (Fsp3) is 0.200. The zero-order valence-electron chi connectivity index (χ0n) is 26.9. The molecule has 6 N–H and O–H groups in total. The molecule has 1 aliphatic rings. The summed E-state index contributed by atoms with van der Waals surface area (Å²) in [5.41, 5.74) is -0.245. The molecule has 3 atom stereocenters. The van der Waals surface area contributed by atoms with Crippen LogP contribution in [0.4, 0.5) is 17.1 Å². The molecule has 1 heterocycles. The molecule has 21 heteroatoms. The minimum atomic E-state index is -4.45. The lowest BCUT2D eigenvalue weighted by Crippen LogP contribution is -2.99. The third-order valence-electron chi connectivity index (χ3n) is 7.62. The Labute approximate surface area is 294 Å². The van der Waals surface area contributed by atoms with E-state index in [1.165, 1.54) is 0 Å². The number of benzene rings is 3. The van der Waals surface area contributed by atoms with Crippen molar-refractivity contribution in [1.82, 2.24) is 12.9 Å². The monoisotopic (exact) mass is 768 g/mol. The van der Waals surface area contributed by atoms with E-state index in [2.05, 4.69) is 19.7 Å². The summed E-state index contributed by atoms with van der Waals surface area (Å²) < 4.78 is 86.3. The Morgan fingerprint density at radius 1 is 0.431 bits per heavy atom. The fourth-order valence-electron chi connectivity index (χ4n) is 5.08. The van der Waals surface area contributed by atoms with Gasteiger partial charge < -0.3 is 15.6 Å². The van der Waals surface area contributed by atoms with Crippen molar-refractivity contribution in [3.63, 3.8) is 0 Å².